The Bertz CT molecular complexity index is 480. The van der Waals surface area contributed by atoms with Crippen molar-refractivity contribution in [3.8, 4) is 0 Å². The van der Waals surface area contributed by atoms with Gasteiger partial charge >= 0.3 is 5.97 Å². The molecule has 0 saturated carbocycles. The van der Waals surface area contributed by atoms with Gasteiger partial charge in [0.25, 0.3) is 0 Å². The number of carbonyl (C=O) groups is 4. The molecule has 3 amide bonds. The molecule has 0 heterocycles. The highest BCUT2D eigenvalue weighted by Crippen LogP contribution is 2.04. The minimum atomic E-state index is -1.29. The number of rotatable bonds is 9. The maximum Gasteiger partial charge on any atom is 0.325 e. The highest BCUT2D eigenvalue weighted by atomic mass is 16.4. The van der Waals surface area contributed by atoms with E-state index in [-0.39, 0.29) is 12.5 Å². The lowest BCUT2D eigenvalue weighted by molar-refractivity contribution is -0.142. The van der Waals surface area contributed by atoms with Crippen LogP contribution in [-0.4, -0.2) is 64.7 Å². The molecule has 0 radical (unpaired) electrons. The third-order valence-electron chi connectivity index (χ3n) is 3.24. The number of carboxylic acid groups (broad SMARTS) is 1. The Hall–Kier alpha value is -2.20. The molecule has 10 heteroatoms. The quantitative estimate of drug-likeness (QED) is 0.269. The van der Waals surface area contributed by atoms with Gasteiger partial charge in [0, 0.05) is 0 Å². The van der Waals surface area contributed by atoms with Crippen LogP contribution in [0.2, 0.25) is 0 Å². The van der Waals surface area contributed by atoms with E-state index in [9.17, 15) is 24.3 Å². The normalized spacial score (nSPS) is 15.8. The summed E-state index contributed by atoms with van der Waals surface area (Å²) in [5, 5.41) is 25.4. The first-order chi connectivity index (χ1) is 11.0. The van der Waals surface area contributed by atoms with Gasteiger partial charge in [0.1, 0.15) is 18.1 Å². The number of nitrogens with one attached hydrogen (secondary N) is 3. The van der Waals surface area contributed by atoms with Gasteiger partial charge < -0.3 is 31.9 Å². The molecule has 0 spiro atoms. The average Bonchev–Trinajstić information content (AvgIpc) is 2.48. The van der Waals surface area contributed by atoms with Gasteiger partial charge in [-0.3, -0.25) is 19.2 Å². The third-order valence-corrected chi connectivity index (χ3v) is 3.24. The topological polar surface area (TPSA) is 171 Å². The van der Waals surface area contributed by atoms with Gasteiger partial charge in [-0.25, -0.2) is 0 Å². The number of aliphatic hydroxyl groups is 1. The first kappa shape index (κ1) is 21.8. The number of amides is 3. The van der Waals surface area contributed by atoms with Crippen LogP contribution >= 0.6 is 0 Å². The fraction of sp³-hybridized carbons (Fsp3) is 0.714. The Morgan fingerprint density at radius 2 is 1.42 bits per heavy atom. The summed E-state index contributed by atoms with van der Waals surface area (Å²) >= 11 is 0. The minimum absolute atomic E-state index is 0.352. The second-order valence-corrected chi connectivity index (χ2v) is 5.79. The van der Waals surface area contributed by atoms with E-state index in [1.54, 1.807) is 13.8 Å². The van der Waals surface area contributed by atoms with Crippen molar-refractivity contribution >= 4 is 23.7 Å². The minimum Gasteiger partial charge on any atom is -0.480 e. The predicted molar refractivity (Wildman–Crippen MR) is 84.7 cm³/mol. The number of aliphatic hydroxyl groups excluding tert-OH is 1. The lowest BCUT2D eigenvalue weighted by atomic mass is 10.0. The van der Waals surface area contributed by atoms with Gasteiger partial charge in [-0.05, 0) is 19.8 Å². The molecule has 7 N–H and O–H groups in total. The Labute approximate surface area is 140 Å². The Morgan fingerprint density at radius 3 is 1.79 bits per heavy atom. The summed E-state index contributed by atoms with van der Waals surface area (Å²) in [6.45, 7) is 5.55. The Kier molecular flexibility index (Phi) is 8.93. The third kappa shape index (κ3) is 6.92. The van der Waals surface area contributed by atoms with E-state index < -0.39 is 47.9 Å². The first-order valence-corrected chi connectivity index (χ1v) is 7.52. The van der Waals surface area contributed by atoms with E-state index >= 15 is 0 Å². The van der Waals surface area contributed by atoms with Crippen LogP contribution in [0.5, 0.6) is 0 Å². The van der Waals surface area contributed by atoms with E-state index in [0.717, 1.165) is 0 Å². The van der Waals surface area contributed by atoms with Crippen LogP contribution in [0.25, 0.3) is 0 Å². The lowest BCUT2D eigenvalue weighted by Crippen LogP contribution is -2.59. The number of hydrogen-bond acceptors (Lipinski definition) is 6. The molecule has 4 unspecified atom stereocenters. The summed E-state index contributed by atoms with van der Waals surface area (Å²) in [6, 6.07) is -3.44. The van der Waals surface area contributed by atoms with Crippen molar-refractivity contribution < 1.29 is 29.4 Å². The molecule has 0 aliphatic heterocycles. The largest absolute Gasteiger partial charge is 0.480 e. The Morgan fingerprint density at radius 1 is 0.917 bits per heavy atom. The zero-order valence-electron chi connectivity index (χ0n) is 14.2. The van der Waals surface area contributed by atoms with Crippen molar-refractivity contribution in [3.63, 3.8) is 0 Å². The first-order valence-electron chi connectivity index (χ1n) is 7.52. The van der Waals surface area contributed by atoms with Crippen molar-refractivity contribution in [1.82, 2.24) is 16.0 Å². The summed E-state index contributed by atoms with van der Waals surface area (Å²) in [4.78, 5) is 46.5. The van der Waals surface area contributed by atoms with E-state index in [2.05, 4.69) is 16.0 Å². The molecular formula is C14H26N4O6. The van der Waals surface area contributed by atoms with Crippen LogP contribution in [0.1, 0.15) is 27.7 Å². The molecular weight excluding hydrogens is 320 g/mol. The van der Waals surface area contributed by atoms with Gasteiger partial charge in [0.2, 0.25) is 17.7 Å². The molecule has 0 aromatic carbocycles. The zero-order chi connectivity index (χ0) is 19.0. The molecule has 0 fully saturated rings. The number of nitrogens with two attached hydrogens (primary N) is 1. The van der Waals surface area contributed by atoms with Gasteiger partial charge in [0.15, 0.2) is 0 Å². The van der Waals surface area contributed by atoms with Gasteiger partial charge in [-0.2, -0.15) is 0 Å². The van der Waals surface area contributed by atoms with Crippen molar-refractivity contribution in [1.29, 1.82) is 0 Å². The molecule has 0 aromatic heterocycles. The Balaban J connectivity index is 5.08. The number of hydrogen-bond donors (Lipinski definition) is 6. The summed E-state index contributed by atoms with van der Waals surface area (Å²) in [6.07, 6.45) is -1.21. The number of aliphatic carboxylic acids is 1. The zero-order valence-corrected chi connectivity index (χ0v) is 14.2. The van der Waals surface area contributed by atoms with Crippen molar-refractivity contribution in [2.24, 2.45) is 11.7 Å². The summed E-state index contributed by atoms with van der Waals surface area (Å²) < 4.78 is 0. The van der Waals surface area contributed by atoms with E-state index in [4.69, 9.17) is 10.8 Å². The second-order valence-electron chi connectivity index (χ2n) is 5.79. The maximum absolute atomic E-state index is 12.3. The standard InChI is InChI=1S/C14H26N4O6/c1-6(2)10(12(21)16-7(3)14(23)24)18-13(22)11(8(4)19)17-9(20)5-15/h6-8,10-11,19H,5,15H2,1-4H3,(H,16,21)(H,17,20)(H,18,22)(H,23,24). The SMILES string of the molecule is CC(NC(=O)C(NC(=O)C(NC(=O)CN)C(C)O)C(C)C)C(=O)O. The van der Waals surface area contributed by atoms with Gasteiger partial charge in [-0.1, -0.05) is 13.8 Å². The molecule has 0 aliphatic rings. The van der Waals surface area contributed by atoms with Gasteiger partial charge in [0.05, 0.1) is 12.6 Å². The monoisotopic (exact) mass is 346 g/mol. The summed E-state index contributed by atoms with van der Waals surface area (Å²) in [5.74, 6) is -3.66. The van der Waals surface area contributed by atoms with Crippen LogP contribution in [0.15, 0.2) is 0 Å². The van der Waals surface area contributed by atoms with E-state index in [1.807, 2.05) is 0 Å². The summed E-state index contributed by atoms with van der Waals surface area (Å²) in [5.41, 5.74) is 5.16. The molecule has 0 aliphatic carbocycles. The molecule has 138 valence electrons. The maximum atomic E-state index is 12.3. The highest BCUT2D eigenvalue weighted by Gasteiger charge is 2.31. The number of carbonyl (C=O) groups excluding carboxylic acids is 3. The molecule has 0 aromatic rings. The van der Waals surface area contributed by atoms with E-state index in [0.29, 0.717) is 0 Å². The smallest absolute Gasteiger partial charge is 0.325 e. The van der Waals surface area contributed by atoms with Crippen LogP contribution in [0.4, 0.5) is 0 Å². The number of carboxylic acids is 1. The van der Waals surface area contributed by atoms with Gasteiger partial charge in [-0.15, -0.1) is 0 Å². The van der Waals surface area contributed by atoms with E-state index in [1.165, 1.54) is 13.8 Å². The molecule has 0 bridgehead atoms. The van der Waals surface area contributed by atoms with Crippen molar-refractivity contribution in [2.75, 3.05) is 6.54 Å². The van der Waals surface area contributed by atoms with Crippen LogP contribution in [0.3, 0.4) is 0 Å². The summed E-state index contributed by atoms with van der Waals surface area (Å²) in [7, 11) is 0. The average molecular weight is 346 g/mol. The fourth-order valence-corrected chi connectivity index (χ4v) is 1.78. The molecule has 0 saturated heterocycles. The molecule has 0 rings (SSSR count). The van der Waals surface area contributed by atoms with Crippen molar-refractivity contribution in [3.05, 3.63) is 0 Å². The van der Waals surface area contributed by atoms with Crippen molar-refractivity contribution in [2.45, 2.75) is 51.9 Å². The lowest BCUT2D eigenvalue weighted by Gasteiger charge is -2.27. The second kappa shape index (κ2) is 9.83. The van der Waals surface area contributed by atoms with Crippen LogP contribution in [0, 0.1) is 5.92 Å². The highest BCUT2D eigenvalue weighted by molar-refractivity contribution is 5.93. The predicted octanol–water partition coefficient (Wildman–Crippen LogP) is -2.46. The fourth-order valence-electron chi connectivity index (χ4n) is 1.78. The van der Waals surface area contributed by atoms with Crippen LogP contribution in [-0.2, 0) is 19.2 Å². The van der Waals surface area contributed by atoms with Crippen LogP contribution < -0.4 is 21.7 Å². The molecule has 24 heavy (non-hydrogen) atoms. The molecule has 4 atom stereocenters. The molecule has 10 nitrogen and oxygen atoms in total.